The van der Waals surface area contributed by atoms with E-state index in [1.807, 2.05) is 6.92 Å². The van der Waals surface area contributed by atoms with Crippen LogP contribution in [0, 0.1) is 124 Å². The Morgan fingerprint density at radius 3 is 1.29 bits per heavy atom. The molecule has 3 heterocycles. The molecule has 21 atom stereocenters. The van der Waals surface area contributed by atoms with E-state index in [0.717, 1.165) is 0 Å². The first kappa shape index (κ1) is 40.2. The summed E-state index contributed by atoms with van der Waals surface area (Å²) in [6.07, 6.45) is 2.58. The topological polar surface area (TPSA) is 229 Å². The molecule has 9 fully saturated rings. The summed E-state index contributed by atoms with van der Waals surface area (Å²) in [7, 11) is 2.60. The van der Waals surface area contributed by atoms with Gasteiger partial charge in [0.2, 0.25) is 5.79 Å². The van der Waals surface area contributed by atoms with Crippen molar-refractivity contribution in [2.75, 3.05) is 14.2 Å². The summed E-state index contributed by atoms with van der Waals surface area (Å²) >= 11 is 0. The number of methoxy groups -OCH3 is 2. The summed E-state index contributed by atoms with van der Waals surface area (Å²) in [6.45, 7) is 6.23. The Hall–Kier alpha value is -4.21. The molecule has 320 valence electrons. The number of fused-ring (bicyclic) bond motifs is 6. The SMILES string of the molecule is COC(=O)C1CC2CC1C(C1C(=O)OC(=O)C1C1C3CC(C(=O)OC(C)(C)O)C(C3)C1C1C(=O)OC(=O)C1C1C3CC(C(=O)OC)C(C3)C1C1C(=O)OC(=O)C1C)C2C. The van der Waals surface area contributed by atoms with Gasteiger partial charge in [-0.3, -0.25) is 43.2 Å². The summed E-state index contributed by atoms with van der Waals surface area (Å²) in [5.74, 6) is -21.9. The largest absolute Gasteiger partial charge is 0.469 e. The minimum Gasteiger partial charge on any atom is -0.469 e. The smallest absolute Gasteiger partial charge is 0.317 e. The Morgan fingerprint density at radius 2 is 0.864 bits per heavy atom. The third-order valence-electron chi connectivity index (χ3n) is 17.1. The van der Waals surface area contributed by atoms with Crippen molar-refractivity contribution in [3.63, 3.8) is 0 Å². The molecule has 0 aromatic rings. The fourth-order valence-corrected chi connectivity index (χ4v) is 15.4. The second-order valence-electron chi connectivity index (χ2n) is 19.8. The van der Waals surface area contributed by atoms with Crippen LogP contribution in [0.15, 0.2) is 0 Å². The van der Waals surface area contributed by atoms with Crippen molar-refractivity contribution >= 4 is 53.7 Å². The zero-order chi connectivity index (χ0) is 42.3. The molecule has 0 spiro atoms. The molecule has 3 saturated heterocycles. The zero-order valence-corrected chi connectivity index (χ0v) is 33.9. The minimum atomic E-state index is -1.82. The summed E-state index contributed by atoms with van der Waals surface area (Å²) in [6, 6.07) is 0. The molecule has 1 N–H and O–H groups in total. The molecular formula is C43H52O16. The van der Waals surface area contributed by atoms with Gasteiger partial charge >= 0.3 is 53.7 Å². The Kier molecular flexibility index (Phi) is 9.48. The van der Waals surface area contributed by atoms with E-state index in [2.05, 4.69) is 0 Å². The predicted octanol–water partition coefficient (Wildman–Crippen LogP) is 2.26. The summed E-state index contributed by atoms with van der Waals surface area (Å²) < 4.78 is 31.9. The number of carbonyl (C=O) groups excluding carboxylic acids is 9. The maximum atomic E-state index is 14.5. The van der Waals surface area contributed by atoms with Crippen molar-refractivity contribution in [2.24, 2.45) is 124 Å². The van der Waals surface area contributed by atoms with Gasteiger partial charge in [-0.2, -0.15) is 0 Å². The molecule has 0 aromatic heterocycles. The molecule has 9 rings (SSSR count). The molecular weight excluding hydrogens is 772 g/mol. The summed E-state index contributed by atoms with van der Waals surface area (Å²) in [5.41, 5.74) is 0. The molecule has 0 amide bonds. The van der Waals surface area contributed by atoms with Crippen LogP contribution in [0.1, 0.15) is 66.2 Å². The van der Waals surface area contributed by atoms with E-state index in [1.54, 1.807) is 6.92 Å². The normalized spacial score (nSPS) is 48.2. The molecule has 9 aliphatic rings. The lowest BCUT2D eigenvalue weighted by Crippen LogP contribution is -2.51. The Balaban J connectivity index is 1.14. The van der Waals surface area contributed by atoms with Crippen LogP contribution >= 0.6 is 0 Å². The van der Waals surface area contributed by atoms with Gasteiger partial charge in [0, 0.05) is 13.8 Å². The molecule has 59 heavy (non-hydrogen) atoms. The maximum absolute atomic E-state index is 14.5. The van der Waals surface area contributed by atoms with Gasteiger partial charge in [0.1, 0.15) is 0 Å². The molecule has 0 radical (unpaired) electrons. The third-order valence-corrected chi connectivity index (χ3v) is 17.1. The number of ether oxygens (including phenoxy) is 6. The number of hydrogen-bond donors (Lipinski definition) is 1. The Labute approximate surface area is 340 Å². The number of hydrogen-bond acceptors (Lipinski definition) is 16. The van der Waals surface area contributed by atoms with Gasteiger partial charge in [-0.25, -0.2) is 0 Å². The van der Waals surface area contributed by atoms with Crippen molar-refractivity contribution in [3.05, 3.63) is 0 Å². The predicted molar refractivity (Wildman–Crippen MR) is 192 cm³/mol. The summed E-state index contributed by atoms with van der Waals surface area (Å²) in [4.78, 5) is 123. The molecule has 16 heteroatoms. The zero-order valence-electron chi connectivity index (χ0n) is 33.9. The van der Waals surface area contributed by atoms with Gasteiger partial charge in [-0.15, -0.1) is 0 Å². The van der Waals surface area contributed by atoms with E-state index in [1.165, 1.54) is 28.1 Å². The van der Waals surface area contributed by atoms with E-state index in [-0.39, 0.29) is 36.1 Å². The lowest BCUT2D eigenvalue weighted by Gasteiger charge is -2.46. The second-order valence-corrected chi connectivity index (χ2v) is 19.8. The standard InChI is InChI=1S/C43H52O16/c1-13-15-7-18(21(8-15)35(45)54-5)24(13)30-31(40(50)57-39(30)49)27-17-10-20(23(12-17)37(47)59-43(3,4)53)29(27)33-32(41(51)58-42(33)52)26-16-9-19(22(11-16)36(46)55-6)28(26)25-14(2)34(44)56-38(25)48/h13-33,53H,7-12H2,1-6H3. The highest BCUT2D eigenvalue weighted by atomic mass is 16.7. The number of aliphatic hydroxyl groups is 1. The van der Waals surface area contributed by atoms with Crippen LogP contribution in [0.3, 0.4) is 0 Å². The molecule has 6 bridgehead atoms. The van der Waals surface area contributed by atoms with E-state index in [0.29, 0.717) is 32.1 Å². The van der Waals surface area contributed by atoms with Gasteiger partial charge in [-0.1, -0.05) is 13.8 Å². The van der Waals surface area contributed by atoms with Gasteiger partial charge < -0.3 is 33.5 Å². The first-order valence-corrected chi connectivity index (χ1v) is 21.2. The molecule has 6 aliphatic carbocycles. The van der Waals surface area contributed by atoms with E-state index in [4.69, 9.17) is 28.4 Å². The highest BCUT2D eigenvalue weighted by Gasteiger charge is 2.73. The lowest BCUT2D eigenvalue weighted by atomic mass is 9.54. The van der Waals surface area contributed by atoms with Gasteiger partial charge in [-0.05, 0) is 110 Å². The molecule has 21 unspecified atom stereocenters. The van der Waals surface area contributed by atoms with Crippen LogP contribution in [-0.2, 0) is 71.6 Å². The average Bonchev–Trinajstić information content (AvgIpc) is 4.05. The Morgan fingerprint density at radius 1 is 0.508 bits per heavy atom. The van der Waals surface area contributed by atoms with Crippen molar-refractivity contribution in [2.45, 2.75) is 72.0 Å². The number of rotatable bonds is 9. The van der Waals surface area contributed by atoms with Gasteiger partial charge in [0.15, 0.2) is 0 Å². The van der Waals surface area contributed by atoms with Crippen LogP contribution in [-0.4, -0.2) is 78.8 Å². The van der Waals surface area contributed by atoms with E-state index >= 15 is 0 Å². The fourth-order valence-electron chi connectivity index (χ4n) is 15.4. The van der Waals surface area contributed by atoms with Crippen LogP contribution in [0.2, 0.25) is 0 Å². The van der Waals surface area contributed by atoms with Crippen LogP contribution in [0.25, 0.3) is 0 Å². The quantitative estimate of drug-likeness (QED) is 0.152. The summed E-state index contributed by atoms with van der Waals surface area (Å²) in [5, 5.41) is 10.5. The highest BCUT2D eigenvalue weighted by molar-refractivity contribution is 5.99. The van der Waals surface area contributed by atoms with Crippen molar-refractivity contribution in [1.82, 2.24) is 0 Å². The van der Waals surface area contributed by atoms with Crippen LogP contribution < -0.4 is 0 Å². The van der Waals surface area contributed by atoms with E-state index < -0.39 is 154 Å². The minimum absolute atomic E-state index is 0.0439. The van der Waals surface area contributed by atoms with Crippen molar-refractivity contribution in [3.8, 4) is 0 Å². The highest BCUT2D eigenvalue weighted by Crippen LogP contribution is 2.69. The van der Waals surface area contributed by atoms with Gasteiger partial charge in [0.25, 0.3) is 0 Å². The van der Waals surface area contributed by atoms with Crippen LogP contribution in [0.5, 0.6) is 0 Å². The van der Waals surface area contributed by atoms with Gasteiger partial charge in [0.05, 0.1) is 67.5 Å². The first-order chi connectivity index (χ1) is 27.9. The molecule has 6 saturated carbocycles. The molecule has 3 aliphatic heterocycles. The first-order valence-electron chi connectivity index (χ1n) is 21.2. The average molecular weight is 825 g/mol. The Bertz CT molecular complexity index is 1910. The maximum Gasteiger partial charge on any atom is 0.317 e. The van der Waals surface area contributed by atoms with E-state index in [9.17, 15) is 48.3 Å². The number of cyclic esters (lactones) is 6. The molecule has 0 aromatic carbocycles. The third kappa shape index (κ3) is 5.87. The number of carbonyl (C=O) groups is 9. The molecule has 16 nitrogen and oxygen atoms in total. The van der Waals surface area contributed by atoms with Crippen molar-refractivity contribution < 1.29 is 76.7 Å². The van der Waals surface area contributed by atoms with Crippen molar-refractivity contribution in [1.29, 1.82) is 0 Å². The fraction of sp³-hybridized carbons (Fsp3) is 0.791. The monoisotopic (exact) mass is 824 g/mol. The number of esters is 9. The second kappa shape index (κ2) is 13.9. The van der Waals surface area contributed by atoms with Crippen LogP contribution in [0.4, 0.5) is 0 Å². The lowest BCUT2D eigenvalue weighted by molar-refractivity contribution is -0.203.